The number of nitrogens with one attached hydrogen (secondary N) is 1. The van der Waals surface area contributed by atoms with Crippen molar-refractivity contribution in [2.75, 3.05) is 39.9 Å². The molecule has 1 atom stereocenters. The van der Waals surface area contributed by atoms with Gasteiger partial charge >= 0.3 is 0 Å². The number of rotatable bonds is 11. The van der Waals surface area contributed by atoms with E-state index in [1.165, 1.54) is 19.3 Å². The van der Waals surface area contributed by atoms with Gasteiger partial charge in [-0.25, -0.2) is 0 Å². The number of hydrogen-bond donors (Lipinski definition) is 2. The second-order valence-corrected chi connectivity index (χ2v) is 5.76. The summed E-state index contributed by atoms with van der Waals surface area (Å²) in [6, 6.07) is 0.734. The van der Waals surface area contributed by atoms with Gasteiger partial charge in [-0.05, 0) is 31.7 Å². The predicted molar refractivity (Wildman–Crippen MR) is 74.8 cm³/mol. The van der Waals surface area contributed by atoms with E-state index < -0.39 is 0 Å². The summed E-state index contributed by atoms with van der Waals surface area (Å²) >= 11 is 0. The van der Waals surface area contributed by atoms with Crippen LogP contribution in [-0.2, 0) is 4.74 Å². The van der Waals surface area contributed by atoms with Crippen LogP contribution >= 0.6 is 0 Å². The molecule has 0 amide bonds. The number of aliphatic hydroxyl groups is 1. The van der Waals surface area contributed by atoms with Gasteiger partial charge in [0.15, 0.2) is 0 Å². The fourth-order valence-corrected chi connectivity index (χ4v) is 2.06. The van der Waals surface area contributed by atoms with Gasteiger partial charge in [0.2, 0.25) is 0 Å². The van der Waals surface area contributed by atoms with Gasteiger partial charge in [-0.15, -0.1) is 0 Å². The molecule has 0 saturated heterocycles. The van der Waals surface area contributed by atoms with E-state index in [0.717, 1.165) is 31.6 Å². The minimum absolute atomic E-state index is 0.269. The van der Waals surface area contributed by atoms with Gasteiger partial charge in [-0.2, -0.15) is 0 Å². The molecule has 1 rings (SSSR count). The molecule has 0 spiro atoms. The van der Waals surface area contributed by atoms with Crippen LogP contribution in [0.4, 0.5) is 0 Å². The Balaban J connectivity index is 2.14. The highest BCUT2D eigenvalue weighted by Crippen LogP contribution is 2.27. The third kappa shape index (κ3) is 7.31. The summed E-state index contributed by atoms with van der Waals surface area (Å²) in [5.41, 5.74) is 0. The molecular weight excluding hydrogens is 228 g/mol. The normalized spacial score (nSPS) is 17.7. The van der Waals surface area contributed by atoms with Gasteiger partial charge in [0.05, 0.1) is 12.7 Å². The number of nitrogens with zero attached hydrogens (tertiary/aromatic N) is 1. The highest BCUT2D eigenvalue weighted by molar-refractivity contribution is 4.86. The molecule has 1 aliphatic carbocycles. The summed E-state index contributed by atoms with van der Waals surface area (Å²) < 4.78 is 4.96. The Bertz CT molecular complexity index is 208. The first kappa shape index (κ1) is 15.9. The molecule has 1 aliphatic rings. The highest BCUT2D eigenvalue weighted by Gasteiger charge is 2.29. The number of ether oxygens (including phenoxy) is 1. The third-order valence-corrected chi connectivity index (χ3v) is 3.37. The zero-order valence-corrected chi connectivity index (χ0v) is 12.2. The van der Waals surface area contributed by atoms with E-state index >= 15 is 0 Å². The summed E-state index contributed by atoms with van der Waals surface area (Å²) in [6.07, 6.45) is 3.57. The van der Waals surface area contributed by atoms with Crippen LogP contribution in [0.25, 0.3) is 0 Å². The third-order valence-electron chi connectivity index (χ3n) is 3.37. The van der Waals surface area contributed by atoms with Gasteiger partial charge in [0, 0.05) is 32.8 Å². The molecule has 0 aliphatic heterocycles. The van der Waals surface area contributed by atoms with Crippen molar-refractivity contribution in [1.82, 2.24) is 10.2 Å². The van der Waals surface area contributed by atoms with E-state index in [0.29, 0.717) is 13.2 Å². The van der Waals surface area contributed by atoms with Gasteiger partial charge in [0.1, 0.15) is 0 Å². The molecule has 2 N–H and O–H groups in total. The Morgan fingerprint density at radius 1 is 1.39 bits per heavy atom. The van der Waals surface area contributed by atoms with Crippen molar-refractivity contribution in [1.29, 1.82) is 0 Å². The fraction of sp³-hybridized carbons (Fsp3) is 1.00. The number of hydrogen-bond acceptors (Lipinski definition) is 4. The fourth-order valence-electron chi connectivity index (χ4n) is 2.06. The molecule has 0 aromatic carbocycles. The molecule has 1 unspecified atom stereocenters. The molecule has 1 saturated carbocycles. The first-order valence-electron chi connectivity index (χ1n) is 7.25. The summed E-state index contributed by atoms with van der Waals surface area (Å²) in [7, 11) is 1.69. The molecule has 0 heterocycles. The molecule has 4 nitrogen and oxygen atoms in total. The van der Waals surface area contributed by atoms with Crippen molar-refractivity contribution in [3.05, 3.63) is 0 Å². The average Bonchev–Trinajstić information content (AvgIpc) is 3.14. The van der Waals surface area contributed by atoms with Crippen molar-refractivity contribution >= 4 is 0 Å². The molecule has 18 heavy (non-hydrogen) atoms. The Morgan fingerprint density at radius 2 is 2.11 bits per heavy atom. The summed E-state index contributed by atoms with van der Waals surface area (Å²) in [4.78, 5) is 2.46. The Labute approximate surface area is 112 Å². The van der Waals surface area contributed by atoms with Crippen molar-refractivity contribution in [3.63, 3.8) is 0 Å². The first-order chi connectivity index (χ1) is 8.63. The first-order valence-corrected chi connectivity index (χ1v) is 7.25. The van der Waals surface area contributed by atoms with Gasteiger partial charge in [0.25, 0.3) is 0 Å². The van der Waals surface area contributed by atoms with E-state index in [9.17, 15) is 5.11 Å². The average molecular weight is 258 g/mol. The lowest BCUT2D eigenvalue weighted by molar-refractivity contribution is 0.101. The Hall–Kier alpha value is -0.160. The largest absolute Gasteiger partial charge is 0.390 e. The minimum Gasteiger partial charge on any atom is -0.390 e. The zero-order chi connectivity index (χ0) is 13.4. The van der Waals surface area contributed by atoms with E-state index in [2.05, 4.69) is 24.1 Å². The van der Waals surface area contributed by atoms with Gasteiger partial charge in [-0.1, -0.05) is 13.8 Å². The van der Waals surface area contributed by atoms with Crippen LogP contribution in [0, 0.1) is 5.92 Å². The lowest BCUT2D eigenvalue weighted by Crippen LogP contribution is -2.40. The molecule has 0 bridgehead atoms. The van der Waals surface area contributed by atoms with Crippen molar-refractivity contribution < 1.29 is 9.84 Å². The SMILES string of the molecule is COCCNCC(O)CN(CCC(C)C)C1CC1. The number of methoxy groups -OCH3 is 1. The van der Waals surface area contributed by atoms with Crippen molar-refractivity contribution in [2.45, 2.75) is 45.3 Å². The minimum atomic E-state index is -0.269. The van der Waals surface area contributed by atoms with E-state index in [4.69, 9.17) is 4.74 Å². The molecule has 0 radical (unpaired) electrons. The highest BCUT2D eigenvalue weighted by atomic mass is 16.5. The maximum atomic E-state index is 10.0. The Morgan fingerprint density at radius 3 is 2.67 bits per heavy atom. The topological polar surface area (TPSA) is 44.7 Å². The molecule has 0 aromatic rings. The predicted octanol–water partition coefficient (Wildman–Crippen LogP) is 1.09. The summed E-state index contributed by atoms with van der Waals surface area (Å²) in [5, 5.41) is 13.2. The maximum Gasteiger partial charge on any atom is 0.0791 e. The molecule has 0 aromatic heterocycles. The quantitative estimate of drug-likeness (QED) is 0.545. The van der Waals surface area contributed by atoms with E-state index in [1.54, 1.807) is 7.11 Å². The lowest BCUT2D eigenvalue weighted by Gasteiger charge is -2.25. The van der Waals surface area contributed by atoms with Crippen LogP contribution in [0.15, 0.2) is 0 Å². The van der Waals surface area contributed by atoms with E-state index in [-0.39, 0.29) is 6.10 Å². The Kier molecular flexibility index (Phi) is 7.82. The van der Waals surface area contributed by atoms with Crippen LogP contribution in [0.2, 0.25) is 0 Å². The van der Waals surface area contributed by atoms with Crippen LogP contribution in [-0.4, -0.2) is 62.0 Å². The van der Waals surface area contributed by atoms with Gasteiger partial charge < -0.3 is 15.2 Å². The standard InChI is InChI=1S/C14H30N2O2/c1-12(2)6-8-16(13-4-5-13)11-14(17)10-15-7-9-18-3/h12-15,17H,4-11H2,1-3H3. The summed E-state index contributed by atoms with van der Waals surface area (Å²) in [5.74, 6) is 0.739. The van der Waals surface area contributed by atoms with Gasteiger partial charge in [-0.3, -0.25) is 4.90 Å². The van der Waals surface area contributed by atoms with Crippen molar-refractivity contribution in [2.24, 2.45) is 5.92 Å². The monoisotopic (exact) mass is 258 g/mol. The van der Waals surface area contributed by atoms with Crippen LogP contribution in [0.3, 0.4) is 0 Å². The second-order valence-electron chi connectivity index (χ2n) is 5.76. The van der Waals surface area contributed by atoms with E-state index in [1.807, 2.05) is 0 Å². The number of aliphatic hydroxyl groups excluding tert-OH is 1. The molecule has 1 fully saturated rings. The van der Waals surface area contributed by atoms with Crippen molar-refractivity contribution in [3.8, 4) is 0 Å². The molecular formula is C14H30N2O2. The smallest absolute Gasteiger partial charge is 0.0791 e. The zero-order valence-electron chi connectivity index (χ0n) is 12.2. The maximum absolute atomic E-state index is 10.0. The molecule has 108 valence electrons. The van der Waals surface area contributed by atoms with Crippen LogP contribution in [0.1, 0.15) is 33.1 Å². The summed E-state index contributed by atoms with van der Waals surface area (Å²) in [6.45, 7) is 8.61. The lowest BCUT2D eigenvalue weighted by atomic mass is 10.1. The van der Waals surface area contributed by atoms with Crippen LogP contribution in [0.5, 0.6) is 0 Å². The molecule has 4 heteroatoms. The van der Waals surface area contributed by atoms with Crippen LogP contribution < -0.4 is 5.32 Å². The second kappa shape index (κ2) is 8.86.